The first-order chi connectivity index (χ1) is 13.0. The van der Waals surface area contributed by atoms with Crippen LogP contribution in [-0.4, -0.2) is 56.2 Å². The lowest BCUT2D eigenvalue weighted by Gasteiger charge is -2.34. The molecular weight excluding hydrogens is 364 g/mol. The fourth-order valence-electron chi connectivity index (χ4n) is 3.38. The van der Waals surface area contributed by atoms with Crippen molar-refractivity contribution in [3.63, 3.8) is 0 Å². The lowest BCUT2D eigenvalue weighted by Crippen LogP contribution is -2.49. The number of piperazine rings is 1. The molecule has 0 unspecified atom stereocenters. The molecule has 1 aromatic carbocycles. The standard InChI is InChI=1S/C19H24N4O3S/c1-14-3-7-17(26-2)18(13-14)27(24,25)23-11-9-22(10-12-23)19-8-6-16(20-21-19)15-4-5-15/h3,6-8,13,15H,4-5,9-12H2,1-2H3. The van der Waals surface area contributed by atoms with E-state index in [1.807, 2.05) is 25.1 Å². The van der Waals surface area contributed by atoms with Gasteiger partial charge in [-0.2, -0.15) is 9.40 Å². The number of anilines is 1. The molecule has 0 bridgehead atoms. The Hall–Kier alpha value is -2.19. The highest BCUT2D eigenvalue weighted by molar-refractivity contribution is 7.89. The number of aromatic nitrogens is 2. The molecule has 0 atom stereocenters. The van der Waals surface area contributed by atoms with Crippen molar-refractivity contribution in [3.8, 4) is 5.75 Å². The van der Waals surface area contributed by atoms with Gasteiger partial charge in [0.15, 0.2) is 5.82 Å². The molecule has 1 saturated carbocycles. The molecule has 1 saturated heterocycles. The summed E-state index contributed by atoms with van der Waals surface area (Å²) in [7, 11) is -2.11. The SMILES string of the molecule is COc1ccc(C)cc1S(=O)(=O)N1CCN(c2ccc(C3CC3)nn2)CC1. The summed E-state index contributed by atoms with van der Waals surface area (Å²) in [4.78, 5) is 2.32. The third-order valence-corrected chi connectivity index (χ3v) is 7.09. The molecule has 1 aliphatic carbocycles. The second kappa shape index (κ2) is 7.09. The monoisotopic (exact) mass is 388 g/mol. The molecule has 1 aromatic heterocycles. The van der Waals surface area contributed by atoms with Crippen LogP contribution in [0.15, 0.2) is 35.2 Å². The number of hydrogen-bond acceptors (Lipinski definition) is 6. The van der Waals surface area contributed by atoms with Gasteiger partial charge in [0.2, 0.25) is 10.0 Å². The Balaban J connectivity index is 1.47. The van der Waals surface area contributed by atoms with E-state index in [4.69, 9.17) is 4.74 Å². The van der Waals surface area contributed by atoms with Crippen LogP contribution in [-0.2, 0) is 10.0 Å². The predicted octanol–water partition coefficient (Wildman–Crippen LogP) is 2.18. The van der Waals surface area contributed by atoms with Gasteiger partial charge < -0.3 is 9.64 Å². The second-order valence-corrected chi connectivity index (χ2v) is 9.04. The van der Waals surface area contributed by atoms with Crippen LogP contribution in [0.2, 0.25) is 0 Å². The van der Waals surface area contributed by atoms with Gasteiger partial charge in [0, 0.05) is 32.1 Å². The Bertz CT molecular complexity index is 918. The van der Waals surface area contributed by atoms with E-state index >= 15 is 0 Å². The molecule has 2 heterocycles. The molecule has 2 fully saturated rings. The van der Waals surface area contributed by atoms with Crippen LogP contribution in [0.5, 0.6) is 5.75 Å². The first-order valence-electron chi connectivity index (χ1n) is 9.22. The summed E-state index contributed by atoms with van der Waals surface area (Å²) in [6.07, 6.45) is 2.40. The van der Waals surface area contributed by atoms with Crippen molar-refractivity contribution in [2.45, 2.75) is 30.6 Å². The molecule has 2 aliphatic rings. The van der Waals surface area contributed by atoms with E-state index in [2.05, 4.69) is 15.1 Å². The summed E-state index contributed by atoms with van der Waals surface area (Å²) >= 11 is 0. The molecule has 0 radical (unpaired) electrons. The third kappa shape index (κ3) is 3.64. The Labute approximate surface area is 160 Å². The highest BCUT2D eigenvalue weighted by Crippen LogP contribution is 2.38. The van der Waals surface area contributed by atoms with Crippen molar-refractivity contribution in [1.82, 2.24) is 14.5 Å². The number of nitrogens with zero attached hydrogens (tertiary/aromatic N) is 4. The average Bonchev–Trinajstić information content (AvgIpc) is 3.53. The van der Waals surface area contributed by atoms with Crippen LogP contribution in [0.3, 0.4) is 0 Å². The molecule has 27 heavy (non-hydrogen) atoms. The zero-order valence-corrected chi connectivity index (χ0v) is 16.4. The normalized spacial score (nSPS) is 18.5. The van der Waals surface area contributed by atoms with E-state index in [1.165, 1.54) is 24.3 Å². The summed E-state index contributed by atoms with van der Waals surface area (Å²) in [5, 5.41) is 8.66. The fourth-order valence-corrected chi connectivity index (χ4v) is 5.05. The summed E-state index contributed by atoms with van der Waals surface area (Å²) in [6, 6.07) is 9.26. The van der Waals surface area contributed by atoms with Gasteiger partial charge in [0.1, 0.15) is 10.6 Å². The van der Waals surface area contributed by atoms with Gasteiger partial charge in [-0.05, 0) is 49.6 Å². The smallest absolute Gasteiger partial charge is 0.246 e. The van der Waals surface area contributed by atoms with Crippen molar-refractivity contribution in [1.29, 1.82) is 0 Å². The lowest BCUT2D eigenvalue weighted by molar-refractivity contribution is 0.373. The maximum atomic E-state index is 13.1. The van der Waals surface area contributed by atoms with Crippen LogP contribution in [0.25, 0.3) is 0 Å². The van der Waals surface area contributed by atoms with Crippen molar-refractivity contribution in [2.75, 3.05) is 38.2 Å². The predicted molar refractivity (Wildman–Crippen MR) is 103 cm³/mol. The number of ether oxygens (including phenoxy) is 1. The largest absolute Gasteiger partial charge is 0.495 e. The van der Waals surface area contributed by atoms with Crippen LogP contribution in [0.1, 0.15) is 30.0 Å². The number of benzene rings is 1. The molecule has 7 nitrogen and oxygen atoms in total. The van der Waals surface area contributed by atoms with Crippen LogP contribution >= 0.6 is 0 Å². The van der Waals surface area contributed by atoms with E-state index in [-0.39, 0.29) is 4.90 Å². The zero-order chi connectivity index (χ0) is 19.0. The van der Waals surface area contributed by atoms with Gasteiger partial charge in [0.05, 0.1) is 12.8 Å². The number of hydrogen-bond donors (Lipinski definition) is 0. The number of methoxy groups -OCH3 is 1. The lowest BCUT2D eigenvalue weighted by atomic mass is 10.2. The van der Waals surface area contributed by atoms with E-state index in [1.54, 1.807) is 12.1 Å². The number of rotatable bonds is 5. The van der Waals surface area contributed by atoms with Crippen LogP contribution in [0.4, 0.5) is 5.82 Å². The number of sulfonamides is 1. The van der Waals surface area contributed by atoms with Crippen molar-refractivity contribution >= 4 is 15.8 Å². The minimum Gasteiger partial charge on any atom is -0.495 e. The molecule has 144 valence electrons. The van der Waals surface area contributed by atoms with Gasteiger partial charge >= 0.3 is 0 Å². The molecule has 0 N–H and O–H groups in total. The highest BCUT2D eigenvalue weighted by Gasteiger charge is 2.31. The van der Waals surface area contributed by atoms with Gasteiger partial charge in [-0.15, -0.1) is 5.10 Å². The summed E-state index contributed by atoms with van der Waals surface area (Å²) in [5.74, 6) is 1.77. The minimum absolute atomic E-state index is 0.229. The average molecular weight is 388 g/mol. The molecule has 4 rings (SSSR count). The van der Waals surface area contributed by atoms with E-state index in [0.29, 0.717) is 37.8 Å². The van der Waals surface area contributed by atoms with Gasteiger partial charge in [-0.25, -0.2) is 8.42 Å². The molecule has 1 aliphatic heterocycles. The Kier molecular flexibility index (Phi) is 4.77. The first-order valence-corrected chi connectivity index (χ1v) is 10.7. The first kappa shape index (κ1) is 18.2. The third-order valence-electron chi connectivity index (χ3n) is 5.17. The quantitative estimate of drug-likeness (QED) is 0.782. The van der Waals surface area contributed by atoms with E-state index < -0.39 is 10.0 Å². The maximum absolute atomic E-state index is 13.1. The minimum atomic E-state index is -3.60. The highest BCUT2D eigenvalue weighted by atomic mass is 32.2. The van der Waals surface area contributed by atoms with E-state index in [0.717, 1.165) is 17.1 Å². The van der Waals surface area contributed by atoms with Crippen molar-refractivity contribution in [3.05, 3.63) is 41.6 Å². The van der Waals surface area contributed by atoms with Crippen LogP contribution < -0.4 is 9.64 Å². The molecule has 0 spiro atoms. The van der Waals surface area contributed by atoms with Crippen LogP contribution in [0, 0.1) is 6.92 Å². The van der Waals surface area contributed by atoms with Crippen molar-refractivity contribution in [2.24, 2.45) is 0 Å². The molecule has 8 heteroatoms. The molecule has 2 aromatic rings. The van der Waals surface area contributed by atoms with E-state index in [9.17, 15) is 8.42 Å². The Morgan fingerprint density at radius 2 is 1.78 bits per heavy atom. The summed E-state index contributed by atoms with van der Waals surface area (Å²) < 4.78 is 33.0. The Morgan fingerprint density at radius 3 is 2.37 bits per heavy atom. The number of aryl methyl sites for hydroxylation is 1. The molecule has 0 amide bonds. The maximum Gasteiger partial charge on any atom is 0.246 e. The summed E-state index contributed by atoms with van der Waals surface area (Å²) in [6.45, 7) is 3.87. The summed E-state index contributed by atoms with van der Waals surface area (Å²) in [5.41, 5.74) is 1.95. The van der Waals surface area contributed by atoms with Crippen molar-refractivity contribution < 1.29 is 13.2 Å². The fraction of sp³-hybridized carbons (Fsp3) is 0.474. The Morgan fingerprint density at radius 1 is 1.04 bits per heavy atom. The van der Waals surface area contributed by atoms with Gasteiger partial charge in [-0.1, -0.05) is 6.07 Å². The topological polar surface area (TPSA) is 75.6 Å². The van der Waals surface area contributed by atoms with Gasteiger partial charge in [-0.3, -0.25) is 0 Å². The molecular formula is C19H24N4O3S. The zero-order valence-electron chi connectivity index (χ0n) is 15.6. The van der Waals surface area contributed by atoms with Gasteiger partial charge in [0.25, 0.3) is 0 Å². The second-order valence-electron chi connectivity index (χ2n) is 7.14.